The first-order valence-electron chi connectivity index (χ1n) is 19.6. The number of esters is 2. The fourth-order valence-electron chi connectivity index (χ4n) is 5.91. The second-order valence-electron chi connectivity index (χ2n) is 13.4. The zero-order valence-electron chi connectivity index (χ0n) is 29.7. The highest BCUT2D eigenvalue weighted by Gasteiger charge is 2.16. The van der Waals surface area contributed by atoms with Crippen molar-refractivity contribution in [2.75, 3.05) is 13.2 Å². The van der Waals surface area contributed by atoms with Gasteiger partial charge in [-0.05, 0) is 12.8 Å². The molecule has 0 amide bonds. The smallest absolute Gasteiger partial charge is 0.306 e. The van der Waals surface area contributed by atoms with Crippen molar-refractivity contribution >= 4 is 11.9 Å². The SMILES string of the molecule is CCCCCCCCCCCCCCCCCCCCCCCC(=O)OC(CO)COC(=O)CCCCCCCCCCC. The van der Waals surface area contributed by atoms with Crippen LogP contribution in [0.4, 0.5) is 0 Å². The second kappa shape index (κ2) is 36.4. The average molecular weight is 625 g/mol. The number of hydrogen-bond acceptors (Lipinski definition) is 5. The third-order valence-electron chi connectivity index (χ3n) is 8.90. The molecule has 262 valence electrons. The molecule has 0 bridgehead atoms. The minimum atomic E-state index is -0.760. The molecule has 0 rings (SSSR count). The minimum absolute atomic E-state index is 0.0577. The van der Waals surface area contributed by atoms with Crippen LogP contribution in [0.2, 0.25) is 0 Å². The van der Waals surface area contributed by atoms with Gasteiger partial charge < -0.3 is 14.6 Å². The molecule has 1 atom stereocenters. The maximum atomic E-state index is 12.1. The summed E-state index contributed by atoms with van der Waals surface area (Å²) in [6, 6.07) is 0. The molecule has 1 N–H and O–H groups in total. The quantitative estimate of drug-likeness (QED) is 0.0554. The maximum Gasteiger partial charge on any atom is 0.306 e. The zero-order chi connectivity index (χ0) is 32.2. The fourth-order valence-corrected chi connectivity index (χ4v) is 5.91. The van der Waals surface area contributed by atoms with Crippen molar-refractivity contribution in [3.63, 3.8) is 0 Å². The summed E-state index contributed by atoms with van der Waals surface area (Å²) in [5.41, 5.74) is 0. The van der Waals surface area contributed by atoms with E-state index in [0.717, 1.165) is 38.5 Å². The van der Waals surface area contributed by atoms with Gasteiger partial charge in [-0.3, -0.25) is 9.59 Å². The molecule has 0 aromatic carbocycles. The highest BCUT2D eigenvalue weighted by molar-refractivity contribution is 5.70. The number of ether oxygens (including phenoxy) is 2. The van der Waals surface area contributed by atoms with Crippen molar-refractivity contribution in [1.29, 1.82) is 0 Å². The molecule has 5 heteroatoms. The van der Waals surface area contributed by atoms with Crippen LogP contribution in [-0.2, 0) is 19.1 Å². The number of hydrogen-bond donors (Lipinski definition) is 1. The van der Waals surface area contributed by atoms with E-state index < -0.39 is 6.10 Å². The first-order chi connectivity index (χ1) is 21.6. The van der Waals surface area contributed by atoms with E-state index in [1.54, 1.807) is 0 Å². The molecule has 1 unspecified atom stereocenters. The number of aliphatic hydroxyl groups excluding tert-OH is 1. The Morgan fingerprint density at radius 3 is 1.00 bits per heavy atom. The summed E-state index contributed by atoms with van der Waals surface area (Å²) in [4.78, 5) is 24.1. The predicted octanol–water partition coefficient (Wildman–Crippen LogP) is 12.0. The number of carbonyl (C=O) groups is 2. The maximum absolute atomic E-state index is 12.1. The van der Waals surface area contributed by atoms with Gasteiger partial charge in [-0.25, -0.2) is 0 Å². The van der Waals surface area contributed by atoms with Gasteiger partial charge in [-0.1, -0.05) is 194 Å². The Morgan fingerprint density at radius 2 is 0.705 bits per heavy atom. The van der Waals surface area contributed by atoms with Gasteiger partial charge in [0.1, 0.15) is 6.61 Å². The van der Waals surface area contributed by atoms with Crippen LogP contribution in [0.5, 0.6) is 0 Å². The fraction of sp³-hybridized carbons (Fsp3) is 0.949. The van der Waals surface area contributed by atoms with Crippen LogP contribution in [0.25, 0.3) is 0 Å². The van der Waals surface area contributed by atoms with E-state index in [1.807, 2.05) is 0 Å². The van der Waals surface area contributed by atoms with E-state index >= 15 is 0 Å². The molecule has 0 radical (unpaired) electrons. The summed E-state index contributed by atoms with van der Waals surface area (Å²) in [5, 5.41) is 9.52. The van der Waals surface area contributed by atoms with Crippen LogP contribution in [0.1, 0.15) is 219 Å². The summed E-state index contributed by atoms with van der Waals surface area (Å²) >= 11 is 0. The lowest BCUT2D eigenvalue weighted by atomic mass is 10.0. The summed E-state index contributed by atoms with van der Waals surface area (Å²) in [7, 11) is 0. The van der Waals surface area contributed by atoms with Crippen molar-refractivity contribution in [2.45, 2.75) is 225 Å². The Kier molecular flexibility index (Phi) is 35.5. The molecule has 0 aliphatic rings. The van der Waals surface area contributed by atoms with E-state index in [9.17, 15) is 14.7 Å². The lowest BCUT2D eigenvalue weighted by Gasteiger charge is -2.15. The first kappa shape index (κ1) is 42.9. The lowest BCUT2D eigenvalue weighted by Crippen LogP contribution is -2.28. The van der Waals surface area contributed by atoms with Crippen molar-refractivity contribution < 1.29 is 24.2 Å². The van der Waals surface area contributed by atoms with Gasteiger partial charge >= 0.3 is 11.9 Å². The number of rotatable bonds is 36. The van der Waals surface area contributed by atoms with E-state index in [-0.39, 0.29) is 25.2 Å². The molecule has 0 aliphatic carbocycles. The molecular formula is C39H76O5. The van der Waals surface area contributed by atoms with E-state index in [4.69, 9.17) is 9.47 Å². The second-order valence-corrected chi connectivity index (χ2v) is 13.4. The minimum Gasteiger partial charge on any atom is -0.462 e. The molecule has 0 aromatic heterocycles. The van der Waals surface area contributed by atoms with Crippen molar-refractivity contribution in [2.24, 2.45) is 0 Å². The summed E-state index contributed by atoms with van der Waals surface area (Å²) in [6.45, 7) is 4.14. The lowest BCUT2D eigenvalue weighted by molar-refractivity contribution is -0.161. The van der Waals surface area contributed by atoms with Gasteiger partial charge in [0.05, 0.1) is 6.61 Å². The predicted molar refractivity (Wildman–Crippen MR) is 187 cm³/mol. The third kappa shape index (κ3) is 33.8. The van der Waals surface area contributed by atoms with Gasteiger partial charge in [0.2, 0.25) is 0 Å². The van der Waals surface area contributed by atoms with Crippen LogP contribution >= 0.6 is 0 Å². The van der Waals surface area contributed by atoms with Crippen LogP contribution in [0.15, 0.2) is 0 Å². The highest BCUT2D eigenvalue weighted by atomic mass is 16.6. The Hall–Kier alpha value is -1.10. The zero-order valence-corrected chi connectivity index (χ0v) is 29.7. The Bertz CT molecular complexity index is 593. The molecule has 44 heavy (non-hydrogen) atoms. The summed E-state index contributed by atoms with van der Waals surface area (Å²) in [6.07, 6.45) is 38.9. The average Bonchev–Trinajstić information content (AvgIpc) is 3.02. The van der Waals surface area contributed by atoms with E-state index in [0.29, 0.717) is 12.8 Å². The van der Waals surface area contributed by atoms with E-state index in [1.165, 1.54) is 154 Å². The Morgan fingerprint density at radius 1 is 0.432 bits per heavy atom. The number of carbonyl (C=O) groups excluding carboxylic acids is 2. The highest BCUT2D eigenvalue weighted by Crippen LogP contribution is 2.16. The largest absolute Gasteiger partial charge is 0.462 e. The normalized spacial score (nSPS) is 12.0. The molecule has 0 aliphatic heterocycles. The first-order valence-corrected chi connectivity index (χ1v) is 19.6. The standard InChI is InChI=1S/C39H76O5/c1-3-5-7-9-11-13-14-15-16-17-18-19-20-21-22-23-24-26-28-30-32-34-39(42)44-37(35-40)36-43-38(41)33-31-29-27-25-12-10-8-6-4-2/h37,40H,3-36H2,1-2H3. The molecular weight excluding hydrogens is 548 g/mol. The van der Waals surface area contributed by atoms with Gasteiger partial charge in [-0.15, -0.1) is 0 Å². The van der Waals surface area contributed by atoms with Crippen LogP contribution < -0.4 is 0 Å². The molecule has 0 aromatic rings. The summed E-state index contributed by atoms with van der Waals surface area (Å²) < 4.78 is 10.6. The molecule has 0 saturated carbocycles. The molecule has 0 spiro atoms. The van der Waals surface area contributed by atoms with Crippen LogP contribution in [-0.4, -0.2) is 36.4 Å². The molecule has 5 nitrogen and oxygen atoms in total. The number of unbranched alkanes of at least 4 members (excludes halogenated alkanes) is 28. The Labute approximate surface area is 274 Å². The van der Waals surface area contributed by atoms with E-state index in [2.05, 4.69) is 13.8 Å². The molecule has 0 heterocycles. The monoisotopic (exact) mass is 625 g/mol. The molecule has 0 fully saturated rings. The molecule has 0 saturated heterocycles. The van der Waals surface area contributed by atoms with Gasteiger partial charge in [0.25, 0.3) is 0 Å². The van der Waals surface area contributed by atoms with Crippen molar-refractivity contribution in [3.8, 4) is 0 Å². The van der Waals surface area contributed by atoms with Gasteiger partial charge in [0.15, 0.2) is 6.10 Å². The third-order valence-corrected chi connectivity index (χ3v) is 8.90. The van der Waals surface area contributed by atoms with Crippen molar-refractivity contribution in [3.05, 3.63) is 0 Å². The van der Waals surface area contributed by atoms with Crippen LogP contribution in [0.3, 0.4) is 0 Å². The van der Waals surface area contributed by atoms with Crippen LogP contribution in [0, 0.1) is 0 Å². The summed E-state index contributed by atoms with van der Waals surface area (Å²) in [5.74, 6) is -0.580. The topological polar surface area (TPSA) is 72.8 Å². The Balaban J connectivity index is 3.44. The van der Waals surface area contributed by atoms with Crippen molar-refractivity contribution in [1.82, 2.24) is 0 Å². The van der Waals surface area contributed by atoms with Gasteiger partial charge in [0, 0.05) is 12.8 Å². The van der Waals surface area contributed by atoms with Gasteiger partial charge in [-0.2, -0.15) is 0 Å². The number of aliphatic hydroxyl groups is 1.